The minimum absolute atomic E-state index is 0.286. The van der Waals surface area contributed by atoms with Crippen LogP contribution >= 0.6 is 11.3 Å². The van der Waals surface area contributed by atoms with Gasteiger partial charge in [0, 0.05) is 21.6 Å². The molecule has 0 bridgehead atoms. The molecule has 1 aliphatic rings. The molecule has 0 saturated heterocycles. The molecule has 0 fully saturated rings. The zero-order valence-electron chi connectivity index (χ0n) is 10.9. The summed E-state index contributed by atoms with van der Waals surface area (Å²) in [5.41, 5.74) is 3.89. The maximum Gasteiger partial charge on any atom is 0.0683 e. The van der Waals surface area contributed by atoms with Gasteiger partial charge < -0.3 is 5.32 Å². The molecule has 18 heavy (non-hydrogen) atoms. The first-order valence-corrected chi connectivity index (χ1v) is 7.31. The van der Waals surface area contributed by atoms with E-state index in [1.54, 1.807) is 10.4 Å². The van der Waals surface area contributed by atoms with Crippen molar-refractivity contribution in [2.24, 2.45) is 0 Å². The van der Waals surface area contributed by atoms with E-state index in [1.807, 2.05) is 31.5 Å². The van der Waals surface area contributed by atoms with Crippen LogP contribution in [-0.2, 0) is 12.8 Å². The summed E-state index contributed by atoms with van der Waals surface area (Å²) in [4.78, 5) is 7.41. The zero-order valence-corrected chi connectivity index (χ0v) is 11.7. The van der Waals surface area contributed by atoms with Crippen molar-refractivity contribution < 1.29 is 0 Å². The van der Waals surface area contributed by atoms with E-state index in [0.717, 1.165) is 5.69 Å². The van der Waals surface area contributed by atoms with Gasteiger partial charge in [-0.2, -0.15) is 0 Å². The molecule has 0 spiro atoms. The summed E-state index contributed by atoms with van der Waals surface area (Å²) in [5, 5.41) is 3.41. The lowest BCUT2D eigenvalue weighted by Crippen LogP contribution is -2.16. The van der Waals surface area contributed by atoms with Crippen molar-refractivity contribution in [3.63, 3.8) is 0 Å². The average molecular weight is 258 g/mol. The zero-order chi connectivity index (χ0) is 12.5. The third-order valence-corrected chi connectivity index (χ3v) is 4.91. The maximum atomic E-state index is 4.40. The minimum Gasteiger partial charge on any atom is -0.309 e. The van der Waals surface area contributed by atoms with E-state index in [0.29, 0.717) is 0 Å². The van der Waals surface area contributed by atoms with Crippen molar-refractivity contribution >= 4 is 11.3 Å². The lowest BCUT2D eigenvalue weighted by Gasteiger charge is -2.14. The van der Waals surface area contributed by atoms with E-state index in [1.165, 1.54) is 29.7 Å². The topological polar surface area (TPSA) is 24.9 Å². The second-order valence-corrected chi connectivity index (χ2v) is 6.07. The fourth-order valence-electron chi connectivity index (χ4n) is 2.62. The molecule has 0 aliphatic heterocycles. The van der Waals surface area contributed by atoms with Crippen LogP contribution < -0.4 is 5.32 Å². The van der Waals surface area contributed by atoms with Gasteiger partial charge in [-0.05, 0) is 56.5 Å². The average Bonchev–Trinajstić information content (AvgIpc) is 2.93. The number of thiophene rings is 1. The number of nitrogens with one attached hydrogen (secondary N) is 1. The molecule has 0 amide bonds. The number of aromatic nitrogens is 1. The van der Waals surface area contributed by atoms with Crippen molar-refractivity contribution in [1.29, 1.82) is 0 Å². The Morgan fingerprint density at radius 3 is 2.89 bits per heavy atom. The molecule has 1 N–H and O–H groups in total. The summed E-state index contributed by atoms with van der Waals surface area (Å²) in [6.45, 7) is 2.03. The third kappa shape index (κ3) is 2.08. The van der Waals surface area contributed by atoms with Crippen LogP contribution in [0.1, 0.15) is 39.0 Å². The smallest absolute Gasteiger partial charge is 0.0683 e. The summed E-state index contributed by atoms with van der Waals surface area (Å²) < 4.78 is 0. The molecule has 1 unspecified atom stereocenters. The normalized spacial score (nSPS) is 15.7. The Labute approximate surface area is 112 Å². The van der Waals surface area contributed by atoms with Crippen molar-refractivity contribution in [1.82, 2.24) is 10.3 Å². The van der Waals surface area contributed by atoms with Crippen molar-refractivity contribution in [3.8, 4) is 0 Å². The quantitative estimate of drug-likeness (QED) is 0.914. The number of pyridine rings is 1. The molecule has 94 valence electrons. The van der Waals surface area contributed by atoms with Gasteiger partial charge in [0.2, 0.25) is 0 Å². The van der Waals surface area contributed by atoms with Crippen LogP contribution in [0.2, 0.25) is 0 Å². The van der Waals surface area contributed by atoms with Crippen molar-refractivity contribution in [2.45, 2.75) is 32.2 Å². The Bertz CT molecular complexity index is 521. The summed E-state index contributed by atoms with van der Waals surface area (Å²) >= 11 is 1.96. The Morgan fingerprint density at radius 1 is 1.33 bits per heavy atom. The summed E-state index contributed by atoms with van der Waals surface area (Å²) in [6, 6.07) is 6.93. The van der Waals surface area contributed by atoms with Gasteiger partial charge in [0.15, 0.2) is 0 Å². The Balaban J connectivity index is 1.93. The Morgan fingerprint density at radius 2 is 2.22 bits per heavy atom. The molecule has 3 rings (SSSR count). The van der Waals surface area contributed by atoms with Gasteiger partial charge in [0.25, 0.3) is 0 Å². The van der Waals surface area contributed by atoms with E-state index in [-0.39, 0.29) is 6.04 Å². The summed E-state index contributed by atoms with van der Waals surface area (Å²) in [6.07, 6.45) is 5.84. The monoisotopic (exact) mass is 258 g/mol. The highest BCUT2D eigenvalue weighted by atomic mass is 32.1. The molecular weight excluding hydrogens is 240 g/mol. The molecule has 1 atom stereocenters. The van der Waals surface area contributed by atoms with Crippen molar-refractivity contribution in [2.75, 3.05) is 7.05 Å². The molecular formula is C15H18N2S. The first kappa shape index (κ1) is 11.9. The number of hydrogen-bond acceptors (Lipinski definition) is 3. The van der Waals surface area contributed by atoms with Gasteiger partial charge >= 0.3 is 0 Å². The van der Waals surface area contributed by atoms with E-state index in [2.05, 4.69) is 28.5 Å². The molecule has 3 heteroatoms. The van der Waals surface area contributed by atoms with Crippen LogP contribution in [0.3, 0.4) is 0 Å². The second-order valence-electron chi connectivity index (χ2n) is 4.91. The minimum atomic E-state index is 0.286. The van der Waals surface area contributed by atoms with Crippen molar-refractivity contribution in [3.05, 3.63) is 51.0 Å². The van der Waals surface area contributed by atoms with E-state index in [4.69, 9.17) is 0 Å². The van der Waals surface area contributed by atoms with Crippen LogP contribution in [-0.4, -0.2) is 12.0 Å². The highest BCUT2D eigenvalue weighted by Crippen LogP contribution is 2.35. The van der Waals surface area contributed by atoms with E-state index < -0.39 is 0 Å². The standard InChI is InChI=1S/C15H18N2S/c1-10-6-7-12(9-17-10)15(16-2)14-8-11-4-3-5-13(11)18-14/h6-9,15-16H,3-5H2,1-2H3. The van der Waals surface area contributed by atoms with E-state index >= 15 is 0 Å². The summed E-state index contributed by atoms with van der Waals surface area (Å²) in [5.74, 6) is 0. The van der Waals surface area contributed by atoms with Crippen LogP contribution in [0.15, 0.2) is 24.4 Å². The molecule has 2 nitrogen and oxygen atoms in total. The maximum absolute atomic E-state index is 4.40. The third-order valence-electron chi connectivity index (χ3n) is 3.61. The van der Waals surface area contributed by atoms with Gasteiger partial charge in [0.1, 0.15) is 0 Å². The highest BCUT2D eigenvalue weighted by Gasteiger charge is 2.20. The molecule has 1 aliphatic carbocycles. The molecule has 2 aromatic heterocycles. The molecule has 0 radical (unpaired) electrons. The number of fused-ring (bicyclic) bond motifs is 1. The fourth-order valence-corrected chi connectivity index (χ4v) is 4.01. The molecule has 0 saturated carbocycles. The Kier molecular flexibility index (Phi) is 3.18. The van der Waals surface area contributed by atoms with Gasteiger partial charge in [-0.3, -0.25) is 4.98 Å². The number of aryl methyl sites for hydroxylation is 3. The van der Waals surface area contributed by atoms with Gasteiger partial charge in [0.05, 0.1) is 6.04 Å². The number of hydrogen-bond donors (Lipinski definition) is 1. The van der Waals surface area contributed by atoms with Crippen LogP contribution in [0.4, 0.5) is 0 Å². The van der Waals surface area contributed by atoms with Gasteiger partial charge in [-0.15, -0.1) is 11.3 Å². The largest absolute Gasteiger partial charge is 0.309 e. The lowest BCUT2D eigenvalue weighted by molar-refractivity contribution is 0.699. The first-order valence-electron chi connectivity index (χ1n) is 6.49. The molecule has 2 heterocycles. The molecule has 0 aromatic carbocycles. The predicted molar refractivity (Wildman–Crippen MR) is 76.2 cm³/mol. The van der Waals surface area contributed by atoms with E-state index in [9.17, 15) is 0 Å². The lowest BCUT2D eigenvalue weighted by atomic mass is 10.1. The molecule has 2 aromatic rings. The van der Waals surface area contributed by atoms with Gasteiger partial charge in [-0.1, -0.05) is 6.07 Å². The number of nitrogens with zero attached hydrogens (tertiary/aromatic N) is 1. The predicted octanol–water partition coefficient (Wildman–Crippen LogP) is 3.25. The summed E-state index contributed by atoms with van der Waals surface area (Å²) in [7, 11) is 2.02. The van der Waals surface area contributed by atoms with Crippen LogP contribution in [0.25, 0.3) is 0 Å². The SMILES string of the molecule is CNC(c1ccc(C)nc1)c1cc2c(s1)CCC2. The highest BCUT2D eigenvalue weighted by molar-refractivity contribution is 7.12. The van der Waals surface area contributed by atoms with Crippen LogP contribution in [0.5, 0.6) is 0 Å². The van der Waals surface area contributed by atoms with Crippen LogP contribution in [0, 0.1) is 6.92 Å². The second kappa shape index (κ2) is 4.82. The number of rotatable bonds is 3. The Hall–Kier alpha value is -1.19. The first-order chi connectivity index (χ1) is 8.78. The fraction of sp³-hybridized carbons (Fsp3) is 0.400. The van der Waals surface area contributed by atoms with Gasteiger partial charge in [-0.25, -0.2) is 0 Å².